The van der Waals surface area contributed by atoms with Gasteiger partial charge in [0.05, 0.1) is 17.8 Å². The zero-order valence-corrected chi connectivity index (χ0v) is 12.6. The number of ether oxygens (including phenoxy) is 1. The molecule has 19 heavy (non-hydrogen) atoms. The number of aryl methyl sites for hydroxylation is 1. The molecule has 1 heterocycles. The standard InChI is InChI=1S/C15H24N2O2/c1-6-17(14(18)11-19-15(3,4)5)10-13-9-7-8-12(2)16-13/h7-9H,6,10-11H2,1-5H3. The maximum absolute atomic E-state index is 12.1. The summed E-state index contributed by atoms with van der Waals surface area (Å²) in [4.78, 5) is 18.3. The molecule has 0 spiro atoms. The molecule has 0 fully saturated rings. The van der Waals surface area contributed by atoms with Gasteiger partial charge in [0.25, 0.3) is 0 Å². The van der Waals surface area contributed by atoms with Crippen molar-refractivity contribution in [2.24, 2.45) is 0 Å². The second-order valence-corrected chi connectivity index (χ2v) is 5.58. The van der Waals surface area contributed by atoms with Crippen LogP contribution in [0.15, 0.2) is 18.2 Å². The number of likely N-dealkylation sites (N-methyl/N-ethyl adjacent to an activating group) is 1. The Labute approximate surface area is 115 Å². The van der Waals surface area contributed by atoms with Crippen molar-refractivity contribution in [3.05, 3.63) is 29.6 Å². The van der Waals surface area contributed by atoms with Crippen molar-refractivity contribution >= 4 is 5.91 Å². The van der Waals surface area contributed by atoms with E-state index in [1.54, 1.807) is 4.90 Å². The second-order valence-electron chi connectivity index (χ2n) is 5.58. The van der Waals surface area contributed by atoms with Crippen LogP contribution < -0.4 is 0 Å². The first-order valence-corrected chi connectivity index (χ1v) is 6.66. The number of aromatic nitrogens is 1. The summed E-state index contributed by atoms with van der Waals surface area (Å²) in [7, 11) is 0. The molecule has 1 aromatic heterocycles. The number of nitrogens with zero attached hydrogens (tertiary/aromatic N) is 2. The van der Waals surface area contributed by atoms with Crippen molar-refractivity contribution in [2.45, 2.75) is 46.8 Å². The molecule has 0 saturated carbocycles. The van der Waals surface area contributed by atoms with Crippen molar-refractivity contribution in [3.8, 4) is 0 Å². The largest absolute Gasteiger partial charge is 0.366 e. The molecule has 0 aliphatic heterocycles. The second kappa shape index (κ2) is 6.66. The van der Waals surface area contributed by atoms with Crippen LogP contribution in [-0.2, 0) is 16.1 Å². The van der Waals surface area contributed by atoms with Crippen molar-refractivity contribution in [2.75, 3.05) is 13.2 Å². The highest BCUT2D eigenvalue weighted by Crippen LogP contribution is 2.08. The van der Waals surface area contributed by atoms with E-state index in [-0.39, 0.29) is 18.1 Å². The molecule has 0 bridgehead atoms. The van der Waals surface area contributed by atoms with Crippen LogP contribution in [0.1, 0.15) is 39.1 Å². The molecule has 1 aromatic rings. The lowest BCUT2D eigenvalue weighted by Crippen LogP contribution is -2.36. The third-order valence-electron chi connectivity index (χ3n) is 2.66. The summed E-state index contributed by atoms with van der Waals surface area (Å²) in [5.41, 5.74) is 1.58. The normalized spacial score (nSPS) is 11.4. The van der Waals surface area contributed by atoms with E-state index in [0.717, 1.165) is 11.4 Å². The maximum Gasteiger partial charge on any atom is 0.248 e. The zero-order chi connectivity index (χ0) is 14.5. The van der Waals surface area contributed by atoms with Gasteiger partial charge in [0.1, 0.15) is 6.61 Å². The minimum absolute atomic E-state index is 0.000677. The first-order chi connectivity index (χ1) is 8.81. The van der Waals surface area contributed by atoms with Gasteiger partial charge >= 0.3 is 0 Å². The Balaban J connectivity index is 2.60. The zero-order valence-electron chi connectivity index (χ0n) is 12.6. The van der Waals surface area contributed by atoms with E-state index >= 15 is 0 Å². The summed E-state index contributed by atoms with van der Waals surface area (Å²) < 4.78 is 5.52. The molecule has 0 unspecified atom stereocenters. The van der Waals surface area contributed by atoms with E-state index < -0.39 is 0 Å². The van der Waals surface area contributed by atoms with Gasteiger partial charge in [-0.15, -0.1) is 0 Å². The molecule has 0 aromatic carbocycles. The Hall–Kier alpha value is -1.42. The van der Waals surface area contributed by atoms with Gasteiger partial charge in [-0.3, -0.25) is 9.78 Å². The number of hydrogen-bond acceptors (Lipinski definition) is 3. The molecule has 0 radical (unpaired) electrons. The molecule has 1 rings (SSSR count). The fraction of sp³-hybridized carbons (Fsp3) is 0.600. The van der Waals surface area contributed by atoms with E-state index in [2.05, 4.69) is 4.98 Å². The van der Waals surface area contributed by atoms with Crippen LogP contribution in [-0.4, -0.2) is 34.5 Å². The Kier molecular flexibility index (Phi) is 5.48. The highest BCUT2D eigenvalue weighted by Gasteiger charge is 2.17. The Morgan fingerprint density at radius 1 is 1.37 bits per heavy atom. The SMILES string of the molecule is CCN(Cc1cccc(C)n1)C(=O)COC(C)(C)C. The van der Waals surface area contributed by atoms with Crippen LogP contribution in [0, 0.1) is 6.92 Å². The predicted molar refractivity (Wildman–Crippen MR) is 75.8 cm³/mol. The Morgan fingerprint density at radius 3 is 2.58 bits per heavy atom. The van der Waals surface area contributed by atoms with Gasteiger partial charge in [-0.05, 0) is 46.8 Å². The van der Waals surface area contributed by atoms with Gasteiger partial charge in [0.2, 0.25) is 5.91 Å². The quantitative estimate of drug-likeness (QED) is 0.821. The number of pyridine rings is 1. The average Bonchev–Trinajstić information content (AvgIpc) is 2.32. The van der Waals surface area contributed by atoms with Crippen LogP contribution >= 0.6 is 0 Å². The van der Waals surface area contributed by atoms with Gasteiger partial charge in [0, 0.05) is 12.2 Å². The summed E-state index contributed by atoms with van der Waals surface area (Å²) in [6, 6.07) is 5.85. The molecular formula is C15H24N2O2. The lowest BCUT2D eigenvalue weighted by Gasteiger charge is -2.24. The summed E-state index contributed by atoms with van der Waals surface area (Å²) >= 11 is 0. The van der Waals surface area contributed by atoms with Crippen LogP contribution in [0.25, 0.3) is 0 Å². The first kappa shape index (κ1) is 15.6. The molecule has 4 heteroatoms. The molecule has 0 saturated heterocycles. The van der Waals surface area contributed by atoms with Gasteiger partial charge in [-0.1, -0.05) is 6.07 Å². The summed E-state index contributed by atoms with van der Waals surface area (Å²) in [6.07, 6.45) is 0. The van der Waals surface area contributed by atoms with Crippen LogP contribution in [0.3, 0.4) is 0 Å². The third kappa shape index (κ3) is 5.83. The highest BCUT2D eigenvalue weighted by molar-refractivity contribution is 5.77. The number of rotatable bonds is 5. The van der Waals surface area contributed by atoms with Crippen molar-refractivity contribution in [1.82, 2.24) is 9.88 Å². The van der Waals surface area contributed by atoms with Gasteiger partial charge in [0.15, 0.2) is 0 Å². The summed E-state index contributed by atoms with van der Waals surface area (Å²) in [5, 5.41) is 0. The number of carbonyl (C=O) groups is 1. The van der Waals surface area contributed by atoms with Crippen molar-refractivity contribution in [3.63, 3.8) is 0 Å². The molecule has 0 N–H and O–H groups in total. The lowest BCUT2D eigenvalue weighted by molar-refractivity contribution is -0.141. The van der Waals surface area contributed by atoms with Crippen LogP contribution in [0.2, 0.25) is 0 Å². The minimum atomic E-state index is -0.295. The van der Waals surface area contributed by atoms with Crippen molar-refractivity contribution < 1.29 is 9.53 Å². The fourth-order valence-corrected chi connectivity index (χ4v) is 1.63. The molecular weight excluding hydrogens is 240 g/mol. The fourth-order valence-electron chi connectivity index (χ4n) is 1.63. The first-order valence-electron chi connectivity index (χ1n) is 6.66. The Morgan fingerprint density at radius 2 is 2.05 bits per heavy atom. The molecule has 106 valence electrons. The summed E-state index contributed by atoms with van der Waals surface area (Å²) in [6.45, 7) is 11.0. The highest BCUT2D eigenvalue weighted by atomic mass is 16.5. The van der Waals surface area contributed by atoms with E-state index in [1.807, 2.05) is 52.8 Å². The maximum atomic E-state index is 12.1. The number of hydrogen-bond donors (Lipinski definition) is 0. The van der Waals surface area contributed by atoms with Gasteiger partial charge in [-0.25, -0.2) is 0 Å². The Bertz CT molecular complexity index is 424. The molecule has 0 aliphatic carbocycles. The van der Waals surface area contributed by atoms with Gasteiger partial charge < -0.3 is 9.64 Å². The monoisotopic (exact) mass is 264 g/mol. The van der Waals surface area contributed by atoms with E-state index in [0.29, 0.717) is 13.1 Å². The molecule has 0 aliphatic rings. The lowest BCUT2D eigenvalue weighted by atomic mass is 10.2. The average molecular weight is 264 g/mol. The molecule has 1 amide bonds. The topological polar surface area (TPSA) is 42.4 Å². The van der Waals surface area contributed by atoms with E-state index in [9.17, 15) is 4.79 Å². The molecule has 0 atom stereocenters. The smallest absolute Gasteiger partial charge is 0.248 e. The van der Waals surface area contributed by atoms with Crippen molar-refractivity contribution in [1.29, 1.82) is 0 Å². The summed E-state index contributed by atoms with van der Waals surface area (Å²) in [5.74, 6) is 0.000677. The van der Waals surface area contributed by atoms with Crippen LogP contribution in [0.4, 0.5) is 0 Å². The molecule has 4 nitrogen and oxygen atoms in total. The van der Waals surface area contributed by atoms with E-state index in [1.165, 1.54) is 0 Å². The van der Waals surface area contributed by atoms with Crippen LogP contribution in [0.5, 0.6) is 0 Å². The van der Waals surface area contributed by atoms with Gasteiger partial charge in [-0.2, -0.15) is 0 Å². The number of carbonyl (C=O) groups excluding carboxylic acids is 1. The minimum Gasteiger partial charge on any atom is -0.366 e. The number of amides is 1. The predicted octanol–water partition coefficient (Wildman–Crippen LogP) is 2.55. The van der Waals surface area contributed by atoms with E-state index in [4.69, 9.17) is 4.74 Å². The third-order valence-corrected chi connectivity index (χ3v) is 2.66.